The van der Waals surface area contributed by atoms with Gasteiger partial charge in [-0.3, -0.25) is 0 Å². The van der Waals surface area contributed by atoms with Gasteiger partial charge in [-0.05, 0) is 196 Å². The number of hydrogen-bond acceptors (Lipinski definition) is 1. The molecule has 0 heterocycles. The van der Waals surface area contributed by atoms with Crippen molar-refractivity contribution in [3.63, 3.8) is 0 Å². The van der Waals surface area contributed by atoms with Gasteiger partial charge in [-0.1, -0.05) is 184 Å². The van der Waals surface area contributed by atoms with Crippen LogP contribution >= 0.6 is 0 Å². The third-order valence-corrected chi connectivity index (χ3v) is 14.8. The molecule has 2 aliphatic rings. The highest BCUT2D eigenvalue weighted by atomic mass is 16.3. The van der Waals surface area contributed by atoms with Crippen molar-refractivity contribution in [3.05, 3.63) is 180 Å². The summed E-state index contributed by atoms with van der Waals surface area (Å²) in [5.41, 5.74) is 22.1. The highest BCUT2D eigenvalue weighted by Crippen LogP contribution is 2.64. The Morgan fingerprint density at radius 3 is 1.52 bits per heavy atom. The Bertz CT molecular complexity index is 3680. The summed E-state index contributed by atoms with van der Waals surface area (Å²) in [6.45, 7) is 20.9. The van der Waals surface area contributed by atoms with E-state index in [1.807, 2.05) is 0 Å². The molecule has 0 bridgehead atoms. The molecule has 66 heavy (non-hydrogen) atoms. The number of fused-ring (bicyclic) bond motifs is 9. The predicted octanol–water partition coefficient (Wildman–Crippen LogP) is 18.0. The summed E-state index contributed by atoms with van der Waals surface area (Å²) in [6.07, 6.45) is 0. The maximum atomic E-state index is 11.7. The van der Waals surface area contributed by atoms with E-state index in [1.54, 1.807) is 0 Å². The van der Waals surface area contributed by atoms with Crippen LogP contribution in [0.5, 0.6) is 0 Å². The van der Waals surface area contributed by atoms with E-state index in [-0.39, 0.29) is 22.9 Å². The van der Waals surface area contributed by atoms with Crippen LogP contribution < -0.4 is 0 Å². The second-order valence-corrected chi connectivity index (χ2v) is 22.2. The van der Waals surface area contributed by atoms with Crippen LogP contribution in [0.25, 0.3) is 121 Å². The molecule has 0 fully saturated rings. The smallest absolute Gasteiger partial charge is 0.0688 e. The van der Waals surface area contributed by atoms with Crippen LogP contribution in [0.2, 0.25) is 0 Å². The van der Waals surface area contributed by atoms with E-state index in [4.69, 9.17) is 0 Å². The van der Waals surface area contributed by atoms with Gasteiger partial charge in [0.25, 0.3) is 0 Å². The highest BCUT2D eigenvalue weighted by molar-refractivity contribution is 6.34. The minimum Gasteiger partial charge on any atom is -0.392 e. The van der Waals surface area contributed by atoms with Crippen LogP contribution in [0.1, 0.15) is 84.6 Å². The quantitative estimate of drug-likeness (QED) is 0.175. The molecule has 0 amide bonds. The lowest BCUT2D eigenvalue weighted by molar-refractivity contribution is 0.282. The first kappa shape index (κ1) is 40.7. The van der Waals surface area contributed by atoms with E-state index in [0.29, 0.717) is 0 Å². The summed E-state index contributed by atoms with van der Waals surface area (Å²) in [4.78, 5) is 0. The van der Waals surface area contributed by atoms with Gasteiger partial charge in [-0.15, -0.1) is 0 Å². The summed E-state index contributed by atoms with van der Waals surface area (Å²) in [5.74, 6) is 0. The van der Waals surface area contributed by atoms with Crippen molar-refractivity contribution in [2.24, 2.45) is 0 Å². The van der Waals surface area contributed by atoms with Crippen molar-refractivity contribution in [2.45, 2.75) is 85.2 Å². The third kappa shape index (κ3) is 6.02. The molecule has 0 aliphatic heterocycles. The third-order valence-electron chi connectivity index (χ3n) is 14.8. The molecule has 2 aliphatic carbocycles. The van der Waals surface area contributed by atoms with Gasteiger partial charge >= 0.3 is 0 Å². The Kier molecular flexibility index (Phi) is 8.69. The molecule has 322 valence electrons. The fourth-order valence-corrected chi connectivity index (χ4v) is 11.4. The molecular weight excluding hydrogens is 797 g/mol. The summed E-state index contributed by atoms with van der Waals surface area (Å²) in [7, 11) is 0. The van der Waals surface area contributed by atoms with Crippen LogP contribution in [-0.4, -0.2) is 5.11 Å². The number of aliphatic hydroxyl groups excluding tert-OH is 1. The summed E-state index contributed by atoms with van der Waals surface area (Å²) >= 11 is 0. The van der Waals surface area contributed by atoms with E-state index in [9.17, 15) is 5.11 Å². The van der Waals surface area contributed by atoms with Crippen LogP contribution in [0.15, 0.2) is 158 Å². The molecule has 0 aromatic heterocycles. The molecule has 1 N–H and O–H groups in total. The molecule has 10 aromatic carbocycles. The Morgan fingerprint density at radius 2 is 0.848 bits per heavy atom. The van der Waals surface area contributed by atoms with E-state index < -0.39 is 0 Å². The van der Waals surface area contributed by atoms with Crippen LogP contribution in [0.4, 0.5) is 0 Å². The second kappa shape index (κ2) is 14.1. The van der Waals surface area contributed by atoms with Gasteiger partial charge in [0, 0.05) is 0 Å². The molecule has 1 nitrogen and oxygen atoms in total. The standard InChI is InChI=1S/C65H56O/c1-63(2,3)45-24-17-23-40(27-45)50-35-54-59-51(31-41-22-15-16-25-48(41)56(59)43-28-46(64(4,5)6)34-47(29-43)65(7,8)9)57-44(36-66)33-53-60-52(58(50)62(53)61(54)57)32-42-26-38-20-13-14-21-39(38)30-49(42)55(60)37-18-11-10-12-19-37/h10-35,66H,36H2,1-9H3. The van der Waals surface area contributed by atoms with Gasteiger partial charge in [0.1, 0.15) is 0 Å². The van der Waals surface area contributed by atoms with E-state index in [0.717, 1.165) is 11.1 Å². The Hall–Kier alpha value is -6.80. The van der Waals surface area contributed by atoms with Gasteiger partial charge in [0.05, 0.1) is 6.61 Å². The maximum Gasteiger partial charge on any atom is 0.0688 e. The number of benzene rings is 10. The minimum atomic E-state index is -0.0636. The van der Waals surface area contributed by atoms with Gasteiger partial charge in [0.15, 0.2) is 0 Å². The van der Waals surface area contributed by atoms with Gasteiger partial charge < -0.3 is 5.11 Å². The van der Waals surface area contributed by atoms with E-state index >= 15 is 0 Å². The van der Waals surface area contributed by atoms with Crippen LogP contribution in [0.3, 0.4) is 0 Å². The van der Waals surface area contributed by atoms with Gasteiger partial charge in [-0.2, -0.15) is 0 Å². The Morgan fingerprint density at radius 1 is 0.318 bits per heavy atom. The van der Waals surface area contributed by atoms with E-state index in [1.165, 1.54) is 132 Å². The lowest BCUT2D eigenvalue weighted by Gasteiger charge is -2.27. The summed E-state index contributed by atoms with van der Waals surface area (Å²) < 4.78 is 0. The lowest BCUT2D eigenvalue weighted by atomic mass is 9.77. The molecule has 10 aromatic rings. The minimum absolute atomic E-state index is 0.0322. The predicted molar refractivity (Wildman–Crippen MR) is 284 cm³/mol. The Labute approximate surface area is 389 Å². The first-order valence-corrected chi connectivity index (χ1v) is 23.8. The molecule has 12 rings (SSSR count). The van der Waals surface area contributed by atoms with Crippen molar-refractivity contribution < 1.29 is 5.11 Å². The molecule has 0 saturated carbocycles. The zero-order valence-electron chi connectivity index (χ0n) is 39.7. The molecule has 0 unspecified atom stereocenters. The summed E-state index contributed by atoms with van der Waals surface area (Å²) in [5, 5.41) is 21.6. The molecule has 1 heteroatoms. The number of rotatable bonds is 4. The molecule has 0 spiro atoms. The fraction of sp³-hybridized carbons (Fsp3) is 0.200. The molecule has 0 atom stereocenters. The monoisotopic (exact) mass is 852 g/mol. The number of hydrogen-bond donors (Lipinski definition) is 1. The fourth-order valence-electron chi connectivity index (χ4n) is 11.4. The maximum absolute atomic E-state index is 11.7. The second-order valence-electron chi connectivity index (χ2n) is 22.2. The highest BCUT2D eigenvalue weighted by Gasteiger charge is 2.38. The van der Waals surface area contributed by atoms with Crippen molar-refractivity contribution in [1.82, 2.24) is 0 Å². The van der Waals surface area contributed by atoms with Crippen LogP contribution in [-0.2, 0) is 22.9 Å². The van der Waals surface area contributed by atoms with Gasteiger partial charge in [-0.25, -0.2) is 0 Å². The zero-order chi connectivity index (χ0) is 45.6. The van der Waals surface area contributed by atoms with Crippen molar-refractivity contribution in [2.75, 3.05) is 0 Å². The van der Waals surface area contributed by atoms with Crippen LogP contribution in [0, 0.1) is 0 Å². The largest absolute Gasteiger partial charge is 0.392 e. The summed E-state index contributed by atoms with van der Waals surface area (Å²) in [6, 6.07) is 60.0. The number of aliphatic hydroxyl groups is 1. The van der Waals surface area contributed by atoms with Crippen molar-refractivity contribution >= 4 is 43.1 Å². The topological polar surface area (TPSA) is 20.2 Å². The Balaban J connectivity index is 1.29. The molecular formula is C65H56O. The molecule has 0 saturated heterocycles. The first-order chi connectivity index (χ1) is 31.6. The van der Waals surface area contributed by atoms with Gasteiger partial charge in [0.2, 0.25) is 0 Å². The normalized spacial score (nSPS) is 13.1. The first-order valence-electron chi connectivity index (χ1n) is 23.8. The SMILES string of the molecule is CC(C)(C)c1cccc(-c2cc3c4c(c(CO)cc5c4c2-c2cc4cc6ccccc6cc4c(-c4ccccc4)c2-5)-c2cc4ccccc4c(-c4cc(C(C)(C)C)cc(C(C)(C)C)c4)c2-3)c1. The zero-order valence-corrected chi connectivity index (χ0v) is 39.7. The average Bonchev–Trinajstić information content (AvgIpc) is 3.80. The lowest BCUT2D eigenvalue weighted by Crippen LogP contribution is -2.16. The van der Waals surface area contributed by atoms with Crippen molar-refractivity contribution in [1.29, 1.82) is 0 Å². The molecule has 0 radical (unpaired) electrons. The average molecular weight is 853 g/mol. The van der Waals surface area contributed by atoms with Crippen molar-refractivity contribution in [3.8, 4) is 77.9 Å². The van der Waals surface area contributed by atoms with E-state index in [2.05, 4.69) is 220 Å².